The number of carbonyl (C=O) groups is 1. The fourth-order valence-corrected chi connectivity index (χ4v) is 2.75. The van der Waals surface area contributed by atoms with Crippen LogP contribution < -0.4 is 4.90 Å². The van der Waals surface area contributed by atoms with E-state index in [0.717, 1.165) is 24.0 Å². The zero-order valence-electron chi connectivity index (χ0n) is 12.2. The average molecular weight is 255 g/mol. The van der Waals surface area contributed by atoms with Crippen LogP contribution in [0.4, 0.5) is 5.69 Å². The van der Waals surface area contributed by atoms with Crippen LogP contribution in [0.5, 0.6) is 0 Å². The fraction of sp³-hybridized carbons (Fsp3) is 0.353. The highest BCUT2D eigenvalue weighted by Gasteiger charge is 2.15. The van der Waals surface area contributed by atoms with E-state index in [9.17, 15) is 4.79 Å². The number of anilines is 1. The van der Waals surface area contributed by atoms with Gasteiger partial charge < -0.3 is 4.90 Å². The number of aryl methyl sites for hydroxylation is 1. The Hall–Kier alpha value is -1.83. The van der Waals surface area contributed by atoms with Crippen LogP contribution in [-0.2, 0) is 0 Å². The van der Waals surface area contributed by atoms with Crippen LogP contribution >= 0.6 is 0 Å². The summed E-state index contributed by atoms with van der Waals surface area (Å²) in [5, 5.41) is 2.24. The Morgan fingerprint density at radius 3 is 2.21 bits per heavy atom. The molecule has 0 unspecified atom stereocenters. The molecule has 19 heavy (non-hydrogen) atoms. The smallest absolute Gasteiger partial charge is 0.160 e. The van der Waals surface area contributed by atoms with Crippen LogP contribution in [-0.4, -0.2) is 18.9 Å². The Labute approximate surface area is 115 Å². The molecule has 0 heterocycles. The molecule has 2 rings (SSSR count). The molecule has 0 bridgehead atoms. The third-order valence-corrected chi connectivity index (χ3v) is 3.67. The minimum atomic E-state index is 0.130. The average Bonchev–Trinajstić information content (AvgIpc) is 2.41. The maximum atomic E-state index is 11.8. The maximum Gasteiger partial charge on any atom is 0.160 e. The summed E-state index contributed by atoms with van der Waals surface area (Å²) in [7, 11) is 0. The van der Waals surface area contributed by atoms with Crippen molar-refractivity contribution >= 4 is 22.2 Å². The SMILES string of the molecule is CCN(CC)c1c(C)cc(C(C)=O)c2ccccc12. The summed E-state index contributed by atoms with van der Waals surface area (Å²) >= 11 is 0. The molecule has 2 nitrogen and oxygen atoms in total. The Bertz CT molecular complexity index is 612. The number of benzene rings is 2. The minimum Gasteiger partial charge on any atom is -0.371 e. The van der Waals surface area contributed by atoms with E-state index in [1.54, 1.807) is 6.92 Å². The van der Waals surface area contributed by atoms with E-state index >= 15 is 0 Å². The Morgan fingerprint density at radius 1 is 1.11 bits per heavy atom. The highest BCUT2D eigenvalue weighted by molar-refractivity contribution is 6.11. The molecule has 0 spiro atoms. The first-order valence-corrected chi connectivity index (χ1v) is 6.88. The molecule has 0 N–H and O–H groups in total. The van der Waals surface area contributed by atoms with Crippen molar-refractivity contribution in [1.82, 2.24) is 0 Å². The number of rotatable bonds is 4. The van der Waals surface area contributed by atoms with E-state index in [2.05, 4.69) is 31.7 Å². The first kappa shape index (κ1) is 13.6. The second-order valence-electron chi connectivity index (χ2n) is 4.86. The van der Waals surface area contributed by atoms with Gasteiger partial charge in [-0.05, 0) is 44.7 Å². The van der Waals surface area contributed by atoms with Crippen molar-refractivity contribution in [2.45, 2.75) is 27.7 Å². The molecule has 0 atom stereocenters. The van der Waals surface area contributed by atoms with Gasteiger partial charge >= 0.3 is 0 Å². The first-order valence-electron chi connectivity index (χ1n) is 6.88. The van der Waals surface area contributed by atoms with E-state index in [4.69, 9.17) is 0 Å². The lowest BCUT2D eigenvalue weighted by atomic mass is 9.96. The number of carbonyl (C=O) groups excluding carboxylic acids is 1. The van der Waals surface area contributed by atoms with Crippen molar-refractivity contribution < 1.29 is 4.79 Å². The molecule has 0 radical (unpaired) electrons. The topological polar surface area (TPSA) is 20.3 Å². The van der Waals surface area contributed by atoms with Crippen molar-refractivity contribution in [2.24, 2.45) is 0 Å². The van der Waals surface area contributed by atoms with E-state index in [1.807, 2.05) is 24.3 Å². The van der Waals surface area contributed by atoms with Crippen molar-refractivity contribution in [3.05, 3.63) is 41.5 Å². The van der Waals surface area contributed by atoms with E-state index in [-0.39, 0.29) is 5.78 Å². The summed E-state index contributed by atoms with van der Waals surface area (Å²) in [6.45, 7) is 10.00. The van der Waals surface area contributed by atoms with Gasteiger partial charge in [-0.25, -0.2) is 0 Å². The van der Waals surface area contributed by atoms with E-state index < -0.39 is 0 Å². The quantitative estimate of drug-likeness (QED) is 0.763. The predicted molar refractivity (Wildman–Crippen MR) is 82.3 cm³/mol. The highest BCUT2D eigenvalue weighted by Crippen LogP contribution is 2.33. The van der Waals surface area contributed by atoms with Gasteiger partial charge in [-0.1, -0.05) is 24.3 Å². The number of ketones is 1. The standard InChI is InChI=1S/C17H21NO/c1-5-18(6-2)17-12(3)11-16(13(4)19)14-9-7-8-10-15(14)17/h7-11H,5-6H2,1-4H3. The molecule has 0 fully saturated rings. The fourth-order valence-electron chi connectivity index (χ4n) is 2.75. The van der Waals surface area contributed by atoms with Crippen LogP contribution in [0.3, 0.4) is 0 Å². The summed E-state index contributed by atoms with van der Waals surface area (Å²) in [6.07, 6.45) is 0. The number of Topliss-reactive ketones (excluding diaryl/α,β-unsaturated/α-hetero) is 1. The lowest BCUT2D eigenvalue weighted by molar-refractivity contribution is 0.101. The molecule has 0 aliphatic heterocycles. The predicted octanol–water partition coefficient (Wildman–Crippen LogP) is 4.20. The molecule has 0 amide bonds. The van der Waals surface area contributed by atoms with Gasteiger partial charge in [0, 0.05) is 29.7 Å². The summed E-state index contributed by atoms with van der Waals surface area (Å²) in [5.74, 6) is 0.130. The lowest BCUT2D eigenvalue weighted by Crippen LogP contribution is -2.23. The second-order valence-corrected chi connectivity index (χ2v) is 4.86. The van der Waals surface area contributed by atoms with Gasteiger partial charge in [0.2, 0.25) is 0 Å². The zero-order chi connectivity index (χ0) is 14.0. The first-order chi connectivity index (χ1) is 9.10. The summed E-state index contributed by atoms with van der Waals surface area (Å²) < 4.78 is 0. The van der Waals surface area contributed by atoms with Gasteiger partial charge in [-0.3, -0.25) is 4.79 Å². The molecule has 2 aromatic rings. The summed E-state index contributed by atoms with van der Waals surface area (Å²) in [5.41, 5.74) is 3.25. The molecule has 0 saturated carbocycles. The monoisotopic (exact) mass is 255 g/mol. The van der Waals surface area contributed by atoms with Gasteiger partial charge in [0.05, 0.1) is 0 Å². The van der Waals surface area contributed by atoms with E-state index in [0.29, 0.717) is 0 Å². The highest BCUT2D eigenvalue weighted by atomic mass is 16.1. The van der Waals surface area contributed by atoms with Crippen LogP contribution in [0.15, 0.2) is 30.3 Å². The molecular formula is C17H21NO. The molecule has 0 aliphatic rings. The summed E-state index contributed by atoms with van der Waals surface area (Å²) in [6, 6.07) is 10.2. The largest absolute Gasteiger partial charge is 0.371 e. The number of hydrogen-bond acceptors (Lipinski definition) is 2. The normalized spacial score (nSPS) is 10.7. The minimum absolute atomic E-state index is 0.130. The van der Waals surface area contributed by atoms with Crippen molar-refractivity contribution in [3.63, 3.8) is 0 Å². The third kappa shape index (κ3) is 2.35. The van der Waals surface area contributed by atoms with Crippen LogP contribution in [0, 0.1) is 6.92 Å². The Kier molecular flexibility index (Phi) is 3.89. The molecule has 100 valence electrons. The van der Waals surface area contributed by atoms with Crippen LogP contribution in [0.1, 0.15) is 36.7 Å². The Morgan fingerprint density at radius 2 is 1.68 bits per heavy atom. The molecule has 0 aromatic heterocycles. The van der Waals surface area contributed by atoms with E-state index in [1.165, 1.54) is 16.6 Å². The second kappa shape index (κ2) is 5.43. The molecule has 0 saturated heterocycles. The van der Waals surface area contributed by atoms with Gasteiger partial charge in [-0.15, -0.1) is 0 Å². The molecule has 2 aromatic carbocycles. The lowest BCUT2D eigenvalue weighted by Gasteiger charge is -2.26. The van der Waals surface area contributed by atoms with Crippen LogP contribution in [0.25, 0.3) is 10.8 Å². The van der Waals surface area contributed by atoms with Gasteiger partial charge in [0.15, 0.2) is 5.78 Å². The number of nitrogens with zero attached hydrogens (tertiary/aromatic N) is 1. The van der Waals surface area contributed by atoms with Gasteiger partial charge in [-0.2, -0.15) is 0 Å². The Balaban J connectivity index is 2.82. The third-order valence-electron chi connectivity index (χ3n) is 3.67. The number of hydrogen-bond donors (Lipinski definition) is 0. The van der Waals surface area contributed by atoms with Gasteiger partial charge in [0.25, 0.3) is 0 Å². The summed E-state index contributed by atoms with van der Waals surface area (Å²) in [4.78, 5) is 14.2. The van der Waals surface area contributed by atoms with Crippen molar-refractivity contribution in [1.29, 1.82) is 0 Å². The number of fused-ring (bicyclic) bond motifs is 1. The molecule has 0 aliphatic carbocycles. The van der Waals surface area contributed by atoms with Crippen molar-refractivity contribution in [3.8, 4) is 0 Å². The van der Waals surface area contributed by atoms with Gasteiger partial charge in [0.1, 0.15) is 0 Å². The molecular weight excluding hydrogens is 234 g/mol. The molecule has 2 heteroatoms. The maximum absolute atomic E-state index is 11.8. The van der Waals surface area contributed by atoms with Crippen molar-refractivity contribution in [2.75, 3.05) is 18.0 Å². The zero-order valence-corrected chi connectivity index (χ0v) is 12.2. The van der Waals surface area contributed by atoms with Crippen LogP contribution in [0.2, 0.25) is 0 Å².